The van der Waals surface area contributed by atoms with Gasteiger partial charge in [0.2, 0.25) is 0 Å². The Morgan fingerprint density at radius 2 is 1.86 bits per heavy atom. The van der Waals surface area contributed by atoms with Crippen LogP contribution in [0.15, 0.2) is 12.7 Å². The van der Waals surface area contributed by atoms with Gasteiger partial charge >= 0.3 is 0 Å². The van der Waals surface area contributed by atoms with E-state index >= 15 is 0 Å². The third-order valence-corrected chi connectivity index (χ3v) is 4.68. The maximum Gasteiger partial charge on any atom is 0.0864 e. The SMILES string of the molecule is C=CCCCCCCC[C@H](O)C1CC(O)C(CCCCC)O1. The second-order valence-corrected chi connectivity index (χ2v) is 6.71. The molecule has 1 rings (SSSR count). The van der Waals surface area contributed by atoms with Crippen molar-refractivity contribution in [2.75, 3.05) is 0 Å². The van der Waals surface area contributed by atoms with E-state index in [-0.39, 0.29) is 12.2 Å². The Balaban J connectivity index is 2.10. The molecule has 0 amide bonds. The molecule has 3 unspecified atom stereocenters. The molecule has 2 N–H and O–H groups in total. The van der Waals surface area contributed by atoms with Crippen LogP contribution in [0.1, 0.15) is 84.0 Å². The highest BCUT2D eigenvalue weighted by atomic mass is 16.5. The van der Waals surface area contributed by atoms with Gasteiger partial charge in [-0.3, -0.25) is 0 Å². The van der Waals surface area contributed by atoms with Crippen molar-refractivity contribution in [2.24, 2.45) is 0 Å². The molecule has 0 aliphatic carbocycles. The molecule has 0 spiro atoms. The molecule has 0 aromatic rings. The van der Waals surface area contributed by atoms with E-state index in [1.54, 1.807) is 0 Å². The third-order valence-electron chi connectivity index (χ3n) is 4.68. The molecule has 22 heavy (non-hydrogen) atoms. The summed E-state index contributed by atoms with van der Waals surface area (Å²) in [5, 5.41) is 20.3. The summed E-state index contributed by atoms with van der Waals surface area (Å²) in [5.41, 5.74) is 0. The Kier molecular flexibility index (Phi) is 10.8. The second kappa shape index (κ2) is 12.1. The van der Waals surface area contributed by atoms with E-state index in [1.807, 2.05) is 6.08 Å². The van der Waals surface area contributed by atoms with E-state index in [0.717, 1.165) is 32.1 Å². The lowest BCUT2D eigenvalue weighted by Gasteiger charge is -2.19. The van der Waals surface area contributed by atoms with Gasteiger partial charge in [-0.1, -0.05) is 57.9 Å². The van der Waals surface area contributed by atoms with Crippen molar-refractivity contribution in [2.45, 2.75) is 108 Å². The van der Waals surface area contributed by atoms with Crippen LogP contribution >= 0.6 is 0 Å². The Morgan fingerprint density at radius 1 is 1.14 bits per heavy atom. The number of hydrogen-bond acceptors (Lipinski definition) is 3. The van der Waals surface area contributed by atoms with E-state index < -0.39 is 12.2 Å². The van der Waals surface area contributed by atoms with Gasteiger partial charge in [-0.25, -0.2) is 0 Å². The minimum Gasteiger partial charge on any atom is -0.390 e. The first-order valence-electron chi connectivity index (χ1n) is 9.31. The van der Waals surface area contributed by atoms with Crippen molar-refractivity contribution in [1.29, 1.82) is 0 Å². The molecular weight excluding hydrogens is 276 g/mol. The molecule has 130 valence electrons. The molecule has 0 saturated carbocycles. The molecule has 1 fully saturated rings. The van der Waals surface area contributed by atoms with Crippen LogP contribution in [-0.4, -0.2) is 34.6 Å². The number of allylic oxidation sites excluding steroid dienone is 1. The predicted octanol–water partition coefficient (Wildman–Crippen LogP) is 4.36. The Bertz CT molecular complexity index is 280. The van der Waals surface area contributed by atoms with Crippen LogP contribution in [0.5, 0.6) is 0 Å². The van der Waals surface area contributed by atoms with Gasteiger partial charge in [0.25, 0.3) is 0 Å². The normalized spacial score (nSPS) is 26.2. The molecular formula is C19H36O3. The van der Waals surface area contributed by atoms with Gasteiger partial charge in [-0.15, -0.1) is 6.58 Å². The van der Waals surface area contributed by atoms with Crippen molar-refractivity contribution < 1.29 is 14.9 Å². The van der Waals surface area contributed by atoms with Gasteiger partial charge in [0.1, 0.15) is 0 Å². The first-order valence-corrected chi connectivity index (χ1v) is 9.31. The van der Waals surface area contributed by atoms with Crippen molar-refractivity contribution >= 4 is 0 Å². The topological polar surface area (TPSA) is 49.7 Å². The standard InChI is InChI=1S/C19H36O3/c1-3-5-7-8-9-10-12-13-16(20)19-15-17(21)18(22-19)14-11-6-4-2/h3,16-21H,1,4-15H2,2H3/t16-,17?,18?,19?/m0/s1. The summed E-state index contributed by atoms with van der Waals surface area (Å²) in [4.78, 5) is 0. The zero-order valence-corrected chi connectivity index (χ0v) is 14.4. The van der Waals surface area contributed by atoms with Crippen molar-refractivity contribution in [3.63, 3.8) is 0 Å². The molecule has 4 atom stereocenters. The number of rotatable bonds is 13. The molecule has 0 aromatic carbocycles. The van der Waals surface area contributed by atoms with Gasteiger partial charge < -0.3 is 14.9 Å². The van der Waals surface area contributed by atoms with E-state index in [0.29, 0.717) is 6.42 Å². The number of unbranched alkanes of at least 4 members (excludes halogenated alkanes) is 7. The van der Waals surface area contributed by atoms with Gasteiger partial charge in [0.05, 0.1) is 24.4 Å². The predicted molar refractivity (Wildman–Crippen MR) is 91.9 cm³/mol. The minimum absolute atomic E-state index is 0.0647. The largest absolute Gasteiger partial charge is 0.390 e. The molecule has 1 aliphatic rings. The zero-order chi connectivity index (χ0) is 16.2. The lowest BCUT2D eigenvalue weighted by molar-refractivity contribution is -0.0498. The molecule has 0 radical (unpaired) electrons. The molecule has 3 heteroatoms. The summed E-state index contributed by atoms with van der Waals surface area (Å²) in [7, 11) is 0. The number of hydrogen-bond donors (Lipinski definition) is 2. The summed E-state index contributed by atoms with van der Waals surface area (Å²) < 4.78 is 5.88. The van der Waals surface area contributed by atoms with Crippen LogP contribution in [0.25, 0.3) is 0 Å². The maximum absolute atomic E-state index is 10.2. The Labute approximate surface area is 136 Å². The van der Waals surface area contributed by atoms with Gasteiger partial charge in [0.15, 0.2) is 0 Å². The molecule has 1 aliphatic heterocycles. The average molecular weight is 312 g/mol. The quantitative estimate of drug-likeness (QED) is 0.392. The summed E-state index contributed by atoms with van der Waals surface area (Å²) in [6.45, 7) is 5.91. The molecule has 0 bridgehead atoms. The highest BCUT2D eigenvalue weighted by Crippen LogP contribution is 2.28. The maximum atomic E-state index is 10.2. The lowest BCUT2D eigenvalue weighted by atomic mass is 10.0. The van der Waals surface area contributed by atoms with Crippen LogP contribution in [0.2, 0.25) is 0 Å². The van der Waals surface area contributed by atoms with Gasteiger partial charge in [0, 0.05) is 6.42 Å². The molecule has 1 saturated heterocycles. The number of aliphatic hydroxyl groups excluding tert-OH is 2. The van der Waals surface area contributed by atoms with Crippen molar-refractivity contribution in [3.05, 3.63) is 12.7 Å². The van der Waals surface area contributed by atoms with E-state index in [1.165, 1.54) is 38.5 Å². The fourth-order valence-corrected chi connectivity index (χ4v) is 3.22. The first kappa shape index (κ1) is 19.7. The highest BCUT2D eigenvalue weighted by molar-refractivity contribution is 4.85. The molecule has 1 heterocycles. The lowest BCUT2D eigenvalue weighted by Crippen LogP contribution is -2.26. The molecule has 3 nitrogen and oxygen atoms in total. The van der Waals surface area contributed by atoms with Crippen LogP contribution in [0.3, 0.4) is 0 Å². The number of ether oxygens (including phenoxy) is 1. The van der Waals surface area contributed by atoms with Crippen LogP contribution in [-0.2, 0) is 4.74 Å². The summed E-state index contributed by atoms with van der Waals surface area (Å²) in [6.07, 6.45) is 13.7. The van der Waals surface area contributed by atoms with Crippen LogP contribution in [0.4, 0.5) is 0 Å². The van der Waals surface area contributed by atoms with E-state index in [2.05, 4.69) is 13.5 Å². The Morgan fingerprint density at radius 3 is 2.59 bits per heavy atom. The van der Waals surface area contributed by atoms with Crippen molar-refractivity contribution in [1.82, 2.24) is 0 Å². The van der Waals surface area contributed by atoms with Gasteiger partial charge in [-0.2, -0.15) is 0 Å². The average Bonchev–Trinajstić information content (AvgIpc) is 2.88. The zero-order valence-electron chi connectivity index (χ0n) is 14.4. The highest BCUT2D eigenvalue weighted by Gasteiger charge is 2.36. The van der Waals surface area contributed by atoms with E-state index in [9.17, 15) is 10.2 Å². The minimum atomic E-state index is -0.418. The fraction of sp³-hybridized carbons (Fsp3) is 0.895. The van der Waals surface area contributed by atoms with Crippen molar-refractivity contribution in [3.8, 4) is 0 Å². The number of aliphatic hydroxyl groups is 2. The monoisotopic (exact) mass is 312 g/mol. The molecule has 0 aromatic heterocycles. The van der Waals surface area contributed by atoms with Crippen LogP contribution < -0.4 is 0 Å². The smallest absolute Gasteiger partial charge is 0.0864 e. The third kappa shape index (κ3) is 7.75. The van der Waals surface area contributed by atoms with Crippen LogP contribution in [0, 0.1) is 0 Å². The fourth-order valence-electron chi connectivity index (χ4n) is 3.22. The second-order valence-electron chi connectivity index (χ2n) is 6.71. The first-order chi connectivity index (χ1) is 10.7. The summed E-state index contributed by atoms with van der Waals surface area (Å²) in [6, 6.07) is 0. The van der Waals surface area contributed by atoms with E-state index in [4.69, 9.17) is 4.74 Å². The summed E-state index contributed by atoms with van der Waals surface area (Å²) in [5.74, 6) is 0. The summed E-state index contributed by atoms with van der Waals surface area (Å²) >= 11 is 0. The van der Waals surface area contributed by atoms with Gasteiger partial charge in [-0.05, 0) is 25.7 Å². The Hall–Kier alpha value is -0.380.